The fraction of sp³-hybridized carbons (Fsp3) is 0.480. The number of anilines is 1. The molecule has 0 aromatic heterocycles. The van der Waals surface area contributed by atoms with E-state index in [2.05, 4.69) is 52.1 Å². The second kappa shape index (κ2) is 10.9. The van der Waals surface area contributed by atoms with Crippen molar-refractivity contribution in [3.05, 3.63) is 59.2 Å². The highest BCUT2D eigenvalue weighted by molar-refractivity contribution is 7.86. The van der Waals surface area contributed by atoms with Gasteiger partial charge in [0.2, 0.25) is 0 Å². The van der Waals surface area contributed by atoms with Crippen molar-refractivity contribution in [2.24, 2.45) is 0 Å². The van der Waals surface area contributed by atoms with Crippen LogP contribution in [0.25, 0.3) is 0 Å². The molecule has 176 valence electrons. The SMILES string of the molecule is CCC(C)N(Cc1ccc(OS(C)(=O)=O)cc1)C(=O)Nc1c(C(C)C)cccc1C(C)C. The third-order valence-corrected chi connectivity index (χ3v) is 6.01. The lowest BCUT2D eigenvalue weighted by atomic mass is 9.92. The molecule has 2 amide bonds. The molecule has 2 rings (SSSR count). The Morgan fingerprint density at radius 3 is 1.94 bits per heavy atom. The predicted molar refractivity (Wildman–Crippen MR) is 131 cm³/mol. The maximum Gasteiger partial charge on any atom is 0.322 e. The van der Waals surface area contributed by atoms with Crippen molar-refractivity contribution in [1.82, 2.24) is 4.90 Å². The number of rotatable bonds is 9. The average Bonchev–Trinajstić information content (AvgIpc) is 2.71. The summed E-state index contributed by atoms with van der Waals surface area (Å²) in [4.78, 5) is 15.2. The summed E-state index contributed by atoms with van der Waals surface area (Å²) in [5, 5.41) is 3.20. The van der Waals surface area contributed by atoms with Gasteiger partial charge in [-0.2, -0.15) is 8.42 Å². The Bertz CT molecular complexity index is 988. The van der Waals surface area contributed by atoms with Crippen molar-refractivity contribution in [2.75, 3.05) is 11.6 Å². The zero-order valence-corrected chi connectivity index (χ0v) is 21.0. The molecule has 0 aliphatic carbocycles. The lowest BCUT2D eigenvalue weighted by Gasteiger charge is -2.30. The van der Waals surface area contributed by atoms with Crippen molar-refractivity contribution in [3.8, 4) is 5.75 Å². The van der Waals surface area contributed by atoms with Gasteiger partial charge >= 0.3 is 16.1 Å². The van der Waals surface area contributed by atoms with Gasteiger partial charge in [0.1, 0.15) is 5.75 Å². The van der Waals surface area contributed by atoms with Gasteiger partial charge in [0.25, 0.3) is 0 Å². The number of carbonyl (C=O) groups excluding carboxylic acids is 1. The first-order valence-electron chi connectivity index (χ1n) is 11.1. The molecule has 0 saturated carbocycles. The van der Waals surface area contributed by atoms with E-state index in [1.54, 1.807) is 24.3 Å². The molecular weight excluding hydrogens is 424 g/mol. The molecule has 0 aliphatic rings. The highest BCUT2D eigenvalue weighted by Gasteiger charge is 2.23. The zero-order valence-electron chi connectivity index (χ0n) is 20.2. The van der Waals surface area contributed by atoms with Crippen molar-refractivity contribution in [2.45, 2.75) is 72.4 Å². The zero-order chi connectivity index (χ0) is 24.1. The molecule has 32 heavy (non-hydrogen) atoms. The number of hydrogen-bond donors (Lipinski definition) is 1. The number of nitrogens with zero attached hydrogens (tertiary/aromatic N) is 1. The first-order valence-corrected chi connectivity index (χ1v) is 12.9. The molecule has 0 saturated heterocycles. The Balaban J connectivity index is 2.30. The Hall–Kier alpha value is -2.54. The van der Waals surface area contributed by atoms with E-state index in [-0.39, 0.29) is 29.7 Å². The third-order valence-electron chi connectivity index (χ3n) is 5.51. The van der Waals surface area contributed by atoms with Crippen molar-refractivity contribution in [3.63, 3.8) is 0 Å². The summed E-state index contributed by atoms with van der Waals surface area (Å²) in [6.45, 7) is 13.0. The number of benzene rings is 2. The number of urea groups is 1. The third kappa shape index (κ3) is 6.99. The van der Waals surface area contributed by atoms with Gasteiger partial charge in [0.05, 0.1) is 6.26 Å². The summed E-state index contributed by atoms with van der Waals surface area (Å²) < 4.78 is 27.6. The van der Waals surface area contributed by atoms with E-state index in [0.29, 0.717) is 6.54 Å². The fourth-order valence-corrected chi connectivity index (χ4v) is 4.00. The maximum absolute atomic E-state index is 13.4. The predicted octanol–water partition coefficient (Wildman–Crippen LogP) is 6.10. The molecule has 0 heterocycles. The molecule has 0 fully saturated rings. The summed E-state index contributed by atoms with van der Waals surface area (Å²) in [6.07, 6.45) is 1.82. The van der Waals surface area contributed by atoms with Crippen LogP contribution in [0.1, 0.15) is 76.5 Å². The van der Waals surface area contributed by atoms with Gasteiger partial charge in [-0.05, 0) is 54.0 Å². The van der Waals surface area contributed by atoms with Gasteiger partial charge in [0.15, 0.2) is 0 Å². The molecule has 6 nitrogen and oxygen atoms in total. The first-order chi connectivity index (χ1) is 14.9. The van der Waals surface area contributed by atoms with Gasteiger partial charge < -0.3 is 14.4 Å². The van der Waals surface area contributed by atoms with Crippen LogP contribution < -0.4 is 9.50 Å². The molecule has 0 radical (unpaired) electrons. The summed E-state index contributed by atoms with van der Waals surface area (Å²) in [5.41, 5.74) is 4.03. The molecule has 2 aromatic rings. The van der Waals surface area contributed by atoms with Crippen LogP contribution in [0, 0.1) is 0 Å². The number of amides is 2. The van der Waals surface area contributed by atoms with Gasteiger partial charge in [-0.15, -0.1) is 0 Å². The van der Waals surface area contributed by atoms with Gasteiger partial charge in [-0.1, -0.05) is 65.0 Å². The van der Waals surface area contributed by atoms with Crippen LogP contribution in [0.4, 0.5) is 10.5 Å². The molecule has 1 N–H and O–H groups in total. The van der Waals surface area contributed by atoms with Crippen LogP contribution in [-0.2, 0) is 16.7 Å². The molecule has 0 aliphatic heterocycles. The second-order valence-electron chi connectivity index (χ2n) is 8.87. The summed E-state index contributed by atoms with van der Waals surface area (Å²) in [6, 6.07) is 12.8. The van der Waals surface area contributed by atoms with Crippen molar-refractivity contribution in [1.29, 1.82) is 0 Å². The van der Waals surface area contributed by atoms with E-state index in [0.717, 1.165) is 35.1 Å². The Kier molecular flexibility index (Phi) is 8.73. The number of para-hydroxylation sites is 1. The topological polar surface area (TPSA) is 75.7 Å². The fourth-order valence-electron chi connectivity index (χ4n) is 3.54. The minimum absolute atomic E-state index is 0.0238. The van der Waals surface area contributed by atoms with Crippen molar-refractivity contribution < 1.29 is 17.4 Å². The molecule has 7 heteroatoms. The maximum atomic E-state index is 13.4. The number of carbonyl (C=O) groups is 1. The van der Waals surface area contributed by atoms with E-state index >= 15 is 0 Å². The van der Waals surface area contributed by atoms with Crippen LogP contribution in [-0.4, -0.2) is 31.6 Å². The van der Waals surface area contributed by atoms with Crippen LogP contribution in [0.3, 0.4) is 0 Å². The molecule has 0 bridgehead atoms. The van der Waals surface area contributed by atoms with Crippen LogP contribution in [0.5, 0.6) is 5.75 Å². The minimum Gasteiger partial charge on any atom is -0.383 e. The van der Waals surface area contributed by atoms with Gasteiger partial charge in [0, 0.05) is 18.3 Å². The second-order valence-corrected chi connectivity index (χ2v) is 10.4. The monoisotopic (exact) mass is 460 g/mol. The highest BCUT2D eigenvalue weighted by Crippen LogP contribution is 2.33. The summed E-state index contributed by atoms with van der Waals surface area (Å²) in [5.74, 6) is 0.815. The van der Waals surface area contributed by atoms with Gasteiger partial charge in [-0.25, -0.2) is 4.79 Å². The van der Waals surface area contributed by atoms with Crippen LogP contribution in [0.15, 0.2) is 42.5 Å². The quantitative estimate of drug-likeness (QED) is 0.459. The molecular formula is C25H36N2O4S. The lowest BCUT2D eigenvalue weighted by molar-refractivity contribution is 0.187. The normalized spacial score (nSPS) is 12.7. The van der Waals surface area contributed by atoms with Gasteiger partial charge in [-0.3, -0.25) is 0 Å². The smallest absolute Gasteiger partial charge is 0.322 e. The number of nitrogens with one attached hydrogen (secondary N) is 1. The number of hydrogen-bond acceptors (Lipinski definition) is 4. The van der Waals surface area contributed by atoms with Crippen LogP contribution in [0.2, 0.25) is 0 Å². The van der Waals surface area contributed by atoms with E-state index < -0.39 is 10.1 Å². The lowest BCUT2D eigenvalue weighted by Crippen LogP contribution is -2.41. The molecule has 1 atom stereocenters. The average molecular weight is 461 g/mol. The van der Waals surface area contributed by atoms with E-state index in [1.807, 2.05) is 17.9 Å². The Morgan fingerprint density at radius 1 is 0.969 bits per heavy atom. The van der Waals surface area contributed by atoms with E-state index in [9.17, 15) is 13.2 Å². The molecule has 0 spiro atoms. The highest BCUT2D eigenvalue weighted by atomic mass is 32.2. The van der Waals surface area contributed by atoms with Crippen LogP contribution >= 0.6 is 0 Å². The van der Waals surface area contributed by atoms with E-state index in [1.165, 1.54) is 0 Å². The summed E-state index contributed by atoms with van der Waals surface area (Å²) >= 11 is 0. The summed E-state index contributed by atoms with van der Waals surface area (Å²) in [7, 11) is -3.58. The van der Waals surface area contributed by atoms with E-state index in [4.69, 9.17) is 4.18 Å². The molecule has 1 unspecified atom stereocenters. The Labute approximate surface area is 193 Å². The largest absolute Gasteiger partial charge is 0.383 e. The first kappa shape index (κ1) is 25.7. The minimum atomic E-state index is -3.58. The standard InChI is InChI=1S/C25H36N2O4S/c1-8-19(6)27(16-20-12-14-21(15-13-20)31-32(7,29)30)25(28)26-24-22(17(2)3)10-9-11-23(24)18(4)5/h9-15,17-19H,8,16H2,1-7H3,(H,26,28). The Morgan fingerprint density at radius 2 is 1.50 bits per heavy atom. The molecule has 2 aromatic carbocycles. The van der Waals surface area contributed by atoms with Crippen molar-refractivity contribution >= 4 is 21.8 Å².